The van der Waals surface area contributed by atoms with E-state index < -0.39 is 11.6 Å². The number of rotatable bonds is 3. The van der Waals surface area contributed by atoms with Crippen LogP contribution in [0.4, 0.5) is 0 Å². The van der Waals surface area contributed by atoms with Gasteiger partial charge in [0.25, 0.3) is 5.91 Å². The van der Waals surface area contributed by atoms with Gasteiger partial charge in [0.15, 0.2) is 0 Å². The van der Waals surface area contributed by atoms with E-state index in [1.54, 1.807) is 34.6 Å². The molecule has 1 unspecified atom stereocenters. The number of aromatic nitrogens is 1. The van der Waals surface area contributed by atoms with Crippen LogP contribution < -0.4 is 5.32 Å². The highest BCUT2D eigenvalue weighted by atomic mass is 16.5. The molecule has 1 amide bonds. The lowest BCUT2D eigenvalue weighted by Gasteiger charge is -2.29. The third-order valence-corrected chi connectivity index (χ3v) is 2.74. The first-order chi connectivity index (χ1) is 7.25. The minimum Gasteiger partial charge on any atom is -0.391 e. The van der Waals surface area contributed by atoms with Gasteiger partial charge in [0.1, 0.15) is 11.3 Å². The maximum Gasteiger partial charge on any atom is 0.257 e. The summed E-state index contributed by atoms with van der Waals surface area (Å²) in [7, 11) is 0. The van der Waals surface area contributed by atoms with Gasteiger partial charge < -0.3 is 14.9 Å². The van der Waals surface area contributed by atoms with E-state index in [1.165, 1.54) is 0 Å². The van der Waals surface area contributed by atoms with E-state index >= 15 is 0 Å². The second-order valence-corrected chi connectivity index (χ2v) is 4.55. The van der Waals surface area contributed by atoms with Gasteiger partial charge in [0, 0.05) is 0 Å². The average molecular weight is 226 g/mol. The molecule has 0 radical (unpaired) electrons. The molecule has 0 aliphatic carbocycles. The molecule has 1 heterocycles. The molecule has 0 saturated carbocycles. The zero-order valence-electron chi connectivity index (χ0n) is 10.3. The minimum absolute atomic E-state index is 0.276. The first-order valence-corrected chi connectivity index (χ1v) is 5.19. The molecule has 0 spiro atoms. The Morgan fingerprint density at radius 2 is 2.06 bits per heavy atom. The number of hydrogen-bond acceptors (Lipinski definition) is 4. The Labute approximate surface area is 94.8 Å². The van der Waals surface area contributed by atoms with Crippen LogP contribution in [0.15, 0.2) is 4.52 Å². The van der Waals surface area contributed by atoms with E-state index in [0.29, 0.717) is 17.0 Å². The predicted molar refractivity (Wildman–Crippen MR) is 59.2 cm³/mol. The van der Waals surface area contributed by atoms with Crippen LogP contribution in [0.5, 0.6) is 0 Å². The van der Waals surface area contributed by atoms with Gasteiger partial charge in [0.2, 0.25) is 0 Å². The Kier molecular flexibility index (Phi) is 3.38. The fourth-order valence-electron chi connectivity index (χ4n) is 1.27. The Hall–Kier alpha value is -1.36. The molecular weight excluding hydrogens is 208 g/mol. The average Bonchev–Trinajstić information content (AvgIpc) is 2.44. The van der Waals surface area contributed by atoms with Crippen LogP contribution in [0.25, 0.3) is 0 Å². The van der Waals surface area contributed by atoms with Crippen LogP contribution in [0.3, 0.4) is 0 Å². The fraction of sp³-hybridized carbons (Fsp3) is 0.636. The summed E-state index contributed by atoms with van der Waals surface area (Å²) in [4.78, 5) is 11.9. The van der Waals surface area contributed by atoms with Gasteiger partial charge in [-0.2, -0.15) is 0 Å². The molecule has 0 aliphatic rings. The molecule has 0 saturated heterocycles. The van der Waals surface area contributed by atoms with Crippen LogP contribution in [0.2, 0.25) is 0 Å². The molecule has 2 N–H and O–H groups in total. The maximum absolute atomic E-state index is 11.9. The van der Waals surface area contributed by atoms with E-state index in [4.69, 9.17) is 4.52 Å². The van der Waals surface area contributed by atoms with Gasteiger partial charge in [-0.25, -0.2) is 0 Å². The monoisotopic (exact) mass is 226 g/mol. The normalized spacial score (nSPS) is 13.6. The van der Waals surface area contributed by atoms with Crippen molar-refractivity contribution in [3.8, 4) is 0 Å². The number of aliphatic hydroxyl groups excluding tert-OH is 1. The number of hydrogen-bond donors (Lipinski definition) is 2. The van der Waals surface area contributed by atoms with Crippen LogP contribution >= 0.6 is 0 Å². The second kappa shape index (κ2) is 4.25. The highest BCUT2D eigenvalue weighted by Crippen LogP contribution is 2.15. The smallest absolute Gasteiger partial charge is 0.257 e. The van der Waals surface area contributed by atoms with Gasteiger partial charge in [-0.05, 0) is 34.6 Å². The third kappa shape index (κ3) is 2.41. The summed E-state index contributed by atoms with van der Waals surface area (Å²) in [6.45, 7) is 8.54. The molecule has 5 heteroatoms. The van der Waals surface area contributed by atoms with Crippen molar-refractivity contribution in [3.63, 3.8) is 0 Å². The first kappa shape index (κ1) is 12.7. The lowest BCUT2D eigenvalue weighted by atomic mass is 9.98. The van der Waals surface area contributed by atoms with Crippen LogP contribution in [0.1, 0.15) is 42.6 Å². The zero-order valence-corrected chi connectivity index (χ0v) is 10.3. The summed E-state index contributed by atoms with van der Waals surface area (Å²) in [5.74, 6) is 0.207. The molecule has 0 aliphatic heterocycles. The van der Waals surface area contributed by atoms with Crippen molar-refractivity contribution in [1.82, 2.24) is 10.5 Å². The lowest BCUT2D eigenvalue weighted by molar-refractivity contribution is 0.0707. The van der Waals surface area contributed by atoms with Crippen molar-refractivity contribution in [3.05, 3.63) is 17.0 Å². The summed E-state index contributed by atoms with van der Waals surface area (Å²) >= 11 is 0. The number of amides is 1. The summed E-state index contributed by atoms with van der Waals surface area (Å²) in [6, 6.07) is 0. The Morgan fingerprint density at radius 3 is 2.44 bits per heavy atom. The number of aliphatic hydroxyl groups is 1. The summed E-state index contributed by atoms with van der Waals surface area (Å²) in [5, 5.41) is 16.0. The standard InChI is InChI=1S/C11H18N2O3/c1-6-9(7(2)16-13-6)10(15)12-11(4,5)8(3)14/h8,14H,1-5H3,(H,12,15). The second-order valence-electron chi connectivity index (χ2n) is 4.55. The van der Waals surface area contributed by atoms with E-state index in [-0.39, 0.29) is 5.91 Å². The molecular formula is C11H18N2O3. The SMILES string of the molecule is Cc1noc(C)c1C(=O)NC(C)(C)C(C)O. The molecule has 0 fully saturated rings. The van der Waals surface area contributed by atoms with Crippen LogP contribution in [0, 0.1) is 13.8 Å². The molecule has 1 atom stereocenters. The quantitative estimate of drug-likeness (QED) is 0.811. The third-order valence-electron chi connectivity index (χ3n) is 2.74. The number of carbonyl (C=O) groups excluding carboxylic acids is 1. The molecule has 5 nitrogen and oxygen atoms in total. The number of nitrogens with zero attached hydrogens (tertiary/aromatic N) is 1. The van der Waals surface area contributed by atoms with Gasteiger partial charge >= 0.3 is 0 Å². The molecule has 90 valence electrons. The Balaban J connectivity index is 2.89. The lowest BCUT2D eigenvalue weighted by Crippen LogP contribution is -2.51. The number of aryl methyl sites for hydroxylation is 2. The van der Waals surface area contributed by atoms with E-state index in [2.05, 4.69) is 10.5 Å². The van der Waals surface area contributed by atoms with Gasteiger partial charge in [0.05, 0.1) is 17.3 Å². The Bertz CT molecular complexity index is 374. The largest absolute Gasteiger partial charge is 0.391 e. The van der Waals surface area contributed by atoms with E-state index in [0.717, 1.165) is 0 Å². The van der Waals surface area contributed by atoms with Crippen LogP contribution in [-0.2, 0) is 0 Å². The summed E-state index contributed by atoms with van der Waals surface area (Å²) < 4.78 is 4.92. The highest BCUT2D eigenvalue weighted by Gasteiger charge is 2.28. The van der Waals surface area contributed by atoms with E-state index in [1.807, 2.05) is 0 Å². The minimum atomic E-state index is -0.687. The molecule has 1 aromatic heterocycles. The summed E-state index contributed by atoms with van der Waals surface area (Å²) in [5.41, 5.74) is 0.304. The fourth-order valence-corrected chi connectivity index (χ4v) is 1.27. The number of nitrogens with one attached hydrogen (secondary N) is 1. The van der Waals surface area contributed by atoms with Crippen molar-refractivity contribution in [2.75, 3.05) is 0 Å². The Morgan fingerprint density at radius 1 is 1.50 bits per heavy atom. The highest BCUT2D eigenvalue weighted by molar-refractivity contribution is 5.96. The van der Waals surface area contributed by atoms with Crippen molar-refractivity contribution in [1.29, 1.82) is 0 Å². The molecule has 16 heavy (non-hydrogen) atoms. The van der Waals surface area contributed by atoms with Gasteiger partial charge in [-0.15, -0.1) is 0 Å². The number of carbonyl (C=O) groups is 1. The first-order valence-electron chi connectivity index (χ1n) is 5.19. The van der Waals surface area contributed by atoms with Crippen molar-refractivity contribution >= 4 is 5.91 Å². The van der Waals surface area contributed by atoms with Crippen LogP contribution in [-0.4, -0.2) is 27.8 Å². The predicted octanol–water partition coefficient (Wildman–Crippen LogP) is 1.18. The molecule has 0 bridgehead atoms. The van der Waals surface area contributed by atoms with Crippen molar-refractivity contribution in [2.45, 2.75) is 46.3 Å². The molecule has 0 aromatic carbocycles. The molecule has 1 aromatic rings. The summed E-state index contributed by atoms with van der Waals surface area (Å²) in [6.07, 6.45) is -0.642. The zero-order chi connectivity index (χ0) is 12.5. The van der Waals surface area contributed by atoms with Crippen molar-refractivity contribution in [2.24, 2.45) is 0 Å². The van der Waals surface area contributed by atoms with Gasteiger partial charge in [-0.1, -0.05) is 5.16 Å². The topological polar surface area (TPSA) is 75.4 Å². The van der Waals surface area contributed by atoms with E-state index in [9.17, 15) is 9.90 Å². The van der Waals surface area contributed by atoms with Gasteiger partial charge in [-0.3, -0.25) is 4.79 Å². The molecule has 1 rings (SSSR count). The van der Waals surface area contributed by atoms with Crippen molar-refractivity contribution < 1.29 is 14.4 Å². The maximum atomic E-state index is 11.9.